The summed E-state index contributed by atoms with van der Waals surface area (Å²) >= 11 is 0.372. The van der Waals surface area contributed by atoms with Crippen LogP contribution in [-0.2, 0) is 17.1 Å². The van der Waals surface area contributed by atoms with Crippen LogP contribution in [0.2, 0.25) is 0 Å². The van der Waals surface area contributed by atoms with Crippen molar-refractivity contribution < 1.29 is 21.6 Å². The van der Waals surface area contributed by atoms with Gasteiger partial charge in [-0.25, -0.2) is 13.2 Å². The van der Waals surface area contributed by atoms with Crippen LogP contribution in [0.1, 0.15) is 0 Å². The molecule has 0 aliphatic carbocycles. The number of thioether (sulfide) groups is 1. The summed E-state index contributed by atoms with van der Waals surface area (Å²) in [6, 6.07) is 9.65. The highest BCUT2D eigenvalue weighted by Gasteiger charge is 2.17. The first-order valence-electron chi connectivity index (χ1n) is 6.93. The maximum atomic E-state index is 12.4. The molecule has 25 heavy (non-hydrogen) atoms. The molecule has 0 saturated carbocycles. The van der Waals surface area contributed by atoms with Crippen LogP contribution in [0, 0.1) is 0 Å². The van der Waals surface area contributed by atoms with E-state index >= 15 is 0 Å². The minimum absolute atomic E-state index is 0.0830. The average Bonchev–Trinajstić information content (AvgIpc) is 2.83. The van der Waals surface area contributed by atoms with E-state index in [-0.39, 0.29) is 16.2 Å². The molecule has 3 rings (SSSR count). The van der Waals surface area contributed by atoms with Gasteiger partial charge in [0.1, 0.15) is 0 Å². The standard InChI is InChI=1S/C15H12F2N2O4S2/c1-19-12-7-6-11(8-13(12)23-15(19)20)25(21,22)18-9-2-4-10(5-3-9)24-14(16)17/h2-8,14,18H,1H3. The second-order valence-corrected chi connectivity index (χ2v) is 7.81. The summed E-state index contributed by atoms with van der Waals surface area (Å²) in [5.74, 6) is -3.14. The van der Waals surface area contributed by atoms with Crippen molar-refractivity contribution in [3.63, 3.8) is 0 Å². The van der Waals surface area contributed by atoms with Crippen molar-refractivity contribution in [3.05, 3.63) is 53.0 Å². The van der Waals surface area contributed by atoms with Gasteiger partial charge in [-0.05, 0) is 36.4 Å². The molecule has 0 fully saturated rings. The fraction of sp³-hybridized carbons (Fsp3) is 0.133. The van der Waals surface area contributed by atoms with Crippen molar-refractivity contribution >= 4 is 38.6 Å². The number of anilines is 1. The molecule has 1 N–H and O–H groups in total. The van der Waals surface area contributed by atoms with Gasteiger partial charge in [0, 0.05) is 23.7 Å². The zero-order valence-electron chi connectivity index (χ0n) is 12.8. The molecule has 0 aliphatic heterocycles. The molecule has 0 atom stereocenters. The number of aromatic nitrogens is 1. The Balaban J connectivity index is 1.87. The largest absolute Gasteiger partial charge is 0.419 e. The summed E-state index contributed by atoms with van der Waals surface area (Å²) in [7, 11) is -2.41. The molecule has 6 nitrogen and oxygen atoms in total. The third-order valence-corrected chi connectivity index (χ3v) is 5.51. The Morgan fingerprint density at radius 2 is 1.84 bits per heavy atom. The first kappa shape index (κ1) is 17.5. The van der Waals surface area contributed by atoms with Crippen LogP contribution in [-0.4, -0.2) is 18.7 Å². The number of benzene rings is 2. The Hall–Kier alpha value is -2.33. The third-order valence-electron chi connectivity index (χ3n) is 3.41. The van der Waals surface area contributed by atoms with Gasteiger partial charge in [0.25, 0.3) is 15.8 Å². The predicted octanol–water partition coefficient (Wildman–Crippen LogP) is 3.25. The number of fused-ring (bicyclic) bond motifs is 1. The van der Waals surface area contributed by atoms with Gasteiger partial charge in [-0.15, -0.1) is 0 Å². The molecular weight excluding hydrogens is 374 g/mol. The molecule has 10 heteroatoms. The molecule has 0 radical (unpaired) electrons. The summed E-state index contributed by atoms with van der Waals surface area (Å²) in [5, 5.41) is 0. The molecular formula is C15H12F2N2O4S2. The second-order valence-electron chi connectivity index (χ2n) is 5.06. The number of alkyl halides is 2. The van der Waals surface area contributed by atoms with E-state index in [2.05, 4.69) is 4.72 Å². The number of nitrogens with one attached hydrogen (secondary N) is 1. The quantitative estimate of drug-likeness (QED) is 0.681. The lowest BCUT2D eigenvalue weighted by molar-refractivity contribution is 0.252. The highest BCUT2D eigenvalue weighted by molar-refractivity contribution is 7.99. The topological polar surface area (TPSA) is 81.3 Å². The number of hydrogen-bond donors (Lipinski definition) is 1. The van der Waals surface area contributed by atoms with Gasteiger partial charge in [0.2, 0.25) is 0 Å². The van der Waals surface area contributed by atoms with Gasteiger partial charge >= 0.3 is 5.76 Å². The monoisotopic (exact) mass is 386 g/mol. The molecule has 2 aromatic carbocycles. The number of rotatable bonds is 5. The minimum Gasteiger partial charge on any atom is -0.408 e. The number of hydrogen-bond acceptors (Lipinski definition) is 5. The number of sulfonamides is 1. The van der Waals surface area contributed by atoms with Crippen LogP contribution in [0.25, 0.3) is 11.1 Å². The lowest BCUT2D eigenvalue weighted by atomic mass is 10.3. The molecule has 0 spiro atoms. The normalized spacial score (nSPS) is 12.0. The van der Waals surface area contributed by atoms with Crippen LogP contribution in [0.3, 0.4) is 0 Å². The van der Waals surface area contributed by atoms with E-state index < -0.39 is 21.5 Å². The second kappa shape index (κ2) is 6.52. The minimum atomic E-state index is -3.92. The maximum Gasteiger partial charge on any atom is 0.419 e. The van der Waals surface area contributed by atoms with E-state index in [0.717, 1.165) is 0 Å². The van der Waals surface area contributed by atoms with Crippen molar-refractivity contribution in [3.8, 4) is 0 Å². The number of aryl methyl sites for hydroxylation is 1. The number of nitrogens with zero attached hydrogens (tertiary/aromatic N) is 1. The van der Waals surface area contributed by atoms with Crippen LogP contribution in [0.4, 0.5) is 14.5 Å². The molecule has 1 heterocycles. The molecule has 3 aromatic rings. The molecule has 0 amide bonds. The molecule has 0 bridgehead atoms. The summed E-state index contributed by atoms with van der Waals surface area (Å²) in [4.78, 5) is 11.7. The first-order valence-corrected chi connectivity index (χ1v) is 9.30. The average molecular weight is 386 g/mol. The van der Waals surface area contributed by atoms with E-state index in [9.17, 15) is 22.0 Å². The van der Waals surface area contributed by atoms with Crippen LogP contribution >= 0.6 is 11.8 Å². The van der Waals surface area contributed by atoms with Crippen LogP contribution < -0.4 is 10.5 Å². The van der Waals surface area contributed by atoms with Crippen molar-refractivity contribution in [2.75, 3.05) is 4.72 Å². The van der Waals surface area contributed by atoms with Crippen molar-refractivity contribution in [1.82, 2.24) is 4.57 Å². The van der Waals surface area contributed by atoms with Gasteiger partial charge in [-0.3, -0.25) is 9.29 Å². The van der Waals surface area contributed by atoms with Crippen LogP contribution in [0.5, 0.6) is 0 Å². The van der Waals surface area contributed by atoms with Gasteiger partial charge in [-0.1, -0.05) is 11.8 Å². The molecule has 132 valence electrons. The Labute approximate surface area is 145 Å². The molecule has 0 saturated heterocycles. The van der Waals surface area contributed by atoms with Crippen molar-refractivity contribution in [2.45, 2.75) is 15.5 Å². The Kier molecular flexibility index (Phi) is 4.56. The number of halogens is 2. The highest BCUT2D eigenvalue weighted by Crippen LogP contribution is 2.27. The fourth-order valence-corrected chi connectivity index (χ4v) is 3.77. The lowest BCUT2D eigenvalue weighted by Gasteiger charge is -2.09. The number of oxazole rings is 1. The predicted molar refractivity (Wildman–Crippen MR) is 90.6 cm³/mol. The van der Waals surface area contributed by atoms with Crippen molar-refractivity contribution in [2.24, 2.45) is 7.05 Å². The van der Waals surface area contributed by atoms with Crippen molar-refractivity contribution in [1.29, 1.82) is 0 Å². The van der Waals surface area contributed by atoms with Gasteiger partial charge in [0.05, 0.1) is 10.4 Å². The zero-order chi connectivity index (χ0) is 18.2. The molecule has 0 aliphatic rings. The first-order chi connectivity index (χ1) is 11.8. The van der Waals surface area contributed by atoms with E-state index in [1.165, 1.54) is 54.1 Å². The summed E-state index contributed by atoms with van der Waals surface area (Å²) < 4.78 is 58.0. The highest BCUT2D eigenvalue weighted by atomic mass is 32.2. The summed E-state index contributed by atoms with van der Waals surface area (Å²) in [6.07, 6.45) is 0. The maximum absolute atomic E-state index is 12.4. The molecule has 0 unspecified atom stereocenters. The summed E-state index contributed by atoms with van der Waals surface area (Å²) in [5.41, 5.74) is 0.851. The molecule has 1 aromatic heterocycles. The van der Waals surface area contributed by atoms with Crippen LogP contribution in [0.15, 0.2) is 61.5 Å². The van der Waals surface area contributed by atoms with E-state index in [4.69, 9.17) is 4.42 Å². The van der Waals surface area contributed by atoms with Gasteiger partial charge in [0.15, 0.2) is 5.58 Å². The fourth-order valence-electron chi connectivity index (χ4n) is 2.20. The van der Waals surface area contributed by atoms with E-state index in [0.29, 0.717) is 22.2 Å². The Morgan fingerprint density at radius 3 is 2.48 bits per heavy atom. The van der Waals surface area contributed by atoms with E-state index in [1.807, 2.05) is 0 Å². The lowest BCUT2D eigenvalue weighted by Crippen LogP contribution is -2.12. The Bertz CT molecular complexity index is 1070. The third kappa shape index (κ3) is 3.69. The van der Waals surface area contributed by atoms with Gasteiger partial charge in [-0.2, -0.15) is 8.78 Å². The van der Waals surface area contributed by atoms with Gasteiger partial charge < -0.3 is 4.42 Å². The summed E-state index contributed by atoms with van der Waals surface area (Å²) in [6.45, 7) is 0. The zero-order valence-corrected chi connectivity index (χ0v) is 14.4. The smallest absolute Gasteiger partial charge is 0.408 e. The SMILES string of the molecule is Cn1c(=O)oc2cc(S(=O)(=O)Nc3ccc(SC(F)F)cc3)ccc21. The Morgan fingerprint density at radius 1 is 1.16 bits per heavy atom. The van der Waals surface area contributed by atoms with E-state index in [1.54, 1.807) is 0 Å².